The zero-order valence-electron chi connectivity index (χ0n) is 11.8. The number of rotatable bonds is 3. The molecule has 5 nitrogen and oxygen atoms in total. The number of amides is 1. The van der Waals surface area contributed by atoms with Gasteiger partial charge in [-0.05, 0) is 52.2 Å². The highest BCUT2D eigenvalue weighted by Crippen LogP contribution is 2.30. The van der Waals surface area contributed by atoms with Crippen LogP contribution in [0.4, 0.5) is 15.8 Å². The van der Waals surface area contributed by atoms with Crippen molar-refractivity contribution in [3.8, 4) is 0 Å². The maximum absolute atomic E-state index is 14.2. The standard InChI is InChI=1S/C15H12BrFN2O3S/c16-10-3-1-2-4-12(10)19-23(21,22)14-7-9-5-6-15(20)18-13(9)8-11(14)17/h1-4,7-8,19H,5-6H2,(H,18,20). The summed E-state index contributed by atoms with van der Waals surface area (Å²) in [6.45, 7) is 0. The number of para-hydroxylation sites is 1. The van der Waals surface area contributed by atoms with Crippen LogP contribution >= 0.6 is 15.9 Å². The van der Waals surface area contributed by atoms with Crippen molar-refractivity contribution in [3.05, 3.63) is 52.3 Å². The minimum absolute atomic E-state index is 0.209. The van der Waals surface area contributed by atoms with Crippen molar-refractivity contribution in [3.63, 3.8) is 0 Å². The molecule has 0 aromatic heterocycles. The largest absolute Gasteiger partial charge is 0.326 e. The minimum Gasteiger partial charge on any atom is -0.326 e. The monoisotopic (exact) mass is 398 g/mol. The van der Waals surface area contributed by atoms with E-state index in [2.05, 4.69) is 26.0 Å². The fourth-order valence-electron chi connectivity index (χ4n) is 2.33. The molecular formula is C15H12BrFN2O3S. The Morgan fingerprint density at radius 3 is 2.65 bits per heavy atom. The van der Waals surface area contributed by atoms with Crippen LogP contribution in [0.15, 0.2) is 45.8 Å². The van der Waals surface area contributed by atoms with Gasteiger partial charge >= 0.3 is 0 Å². The average molecular weight is 399 g/mol. The number of hydrogen-bond acceptors (Lipinski definition) is 3. The summed E-state index contributed by atoms with van der Waals surface area (Å²) in [5.41, 5.74) is 1.23. The van der Waals surface area contributed by atoms with Crippen LogP contribution in [-0.2, 0) is 21.2 Å². The van der Waals surface area contributed by atoms with Crippen LogP contribution in [-0.4, -0.2) is 14.3 Å². The van der Waals surface area contributed by atoms with E-state index in [4.69, 9.17) is 0 Å². The molecule has 1 amide bonds. The number of aryl methyl sites for hydroxylation is 1. The second-order valence-corrected chi connectivity index (χ2v) is 7.58. The van der Waals surface area contributed by atoms with Gasteiger partial charge in [0.05, 0.1) is 5.69 Å². The molecule has 2 aromatic carbocycles. The molecule has 1 aliphatic rings. The Labute approximate surface area is 141 Å². The Balaban J connectivity index is 2.00. The number of carbonyl (C=O) groups excluding carboxylic acids is 1. The molecular weight excluding hydrogens is 387 g/mol. The first kappa shape index (κ1) is 15.9. The third-order valence-corrected chi connectivity index (χ3v) is 5.53. The average Bonchev–Trinajstić information content (AvgIpc) is 2.48. The minimum atomic E-state index is -4.08. The van der Waals surface area contributed by atoms with Gasteiger partial charge in [-0.25, -0.2) is 12.8 Å². The van der Waals surface area contributed by atoms with E-state index in [1.54, 1.807) is 24.3 Å². The highest BCUT2D eigenvalue weighted by molar-refractivity contribution is 9.10. The van der Waals surface area contributed by atoms with Gasteiger partial charge in [0.25, 0.3) is 10.0 Å². The van der Waals surface area contributed by atoms with E-state index in [1.807, 2.05) is 0 Å². The van der Waals surface area contributed by atoms with Crippen molar-refractivity contribution in [1.82, 2.24) is 0 Å². The van der Waals surface area contributed by atoms with Crippen LogP contribution in [0.2, 0.25) is 0 Å². The number of halogens is 2. The smallest absolute Gasteiger partial charge is 0.264 e. The molecule has 3 rings (SSSR count). The third-order valence-electron chi connectivity index (χ3n) is 3.46. The molecule has 0 bridgehead atoms. The number of benzene rings is 2. The van der Waals surface area contributed by atoms with Gasteiger partial charge in [0.15, 0.2) is 0 Å². The van der Waals surface area contributed by atoms with Crippen molar-refractivity contribution in [2.24, 2.45) is 0 Å². The van der Waals surface area contributed by atoms with E-state index in [0.717, 1.165) is 6.07 Å². The Hall–Kier alpha value is -1.93. The number of carbonyl (C=O) groups is 1. The van der Waals surface area contributed by atoms with Crippen molar-refractivity contribution in [2.45, 2.75) is 17.7 Å². The number of anilines is 2. The molecule has 0 fully saturated rings. The van der Waals surface area contributed by atoms with Crippen molar-refractivity contribution >= 4 is 43.2 Å². The normalized spacial score (nSPS) is 14.1. The first-order valence-electron chi connectivity index (χ1n) is 6.76. The third kappa shape index (κ3) is 3.23. The lowest BCUT2D eigenvalue weighted by Crippen LogP contribution is -2.21. The maximum atomic E-state index is 14.2. The van der Waals surface area contributed by atoms with E-state index < -0.39 is 20.7 Å². The molecule has 0 saturated carbocycles. The topological polar surface area (TPSA) is 75.3 Å². The Bertz CT molecular complexity index is 900. The van der Waals surface area contributed by atoms with Gasteiger partial charge in [0.1, 0.15) is 10.7 Å². The summed E-state index contributed by atoms with van der Waals surface area (Å²) in [4.78, 5) is 10.9. The van der Waals surface area contributed by atoms with E-state index >= 15 is 0 Å². The Kier molecular flexibility index (Phi) is 4.11. The highest BCUT2D eigenvalue weighted by Gasteiger charge is 2.24. The molecule has 1 heterocycles. The summed E-state index contributed by atoms with van der Waals surface area (Å²) in [7, 11) is -4.08. The van der Waals surface area contributed by atoms with Gasteiger partial charge in [-0.15, -0.1) is 0 Å². The molecule has 8 heteroatoms. The van der Waals surface area contributed by atoms with Gasteiger partial charge in [-0.2, -0.15) is 0 Å². The summed E-state index contributed by atoms with van der Waals surface area (Å²) < 4.78 is 42.1. The van der Waals surface area contributed by atoms with Crippen molar-refractivity contribution < 1.29 is 17.6 Å². The van der Waals surface area contributed by atoms with E-state index in [1.165, 1.54) is 6.07 Å². The summed E-state index contributed by atoms with van der Waals surface area (Å²) in [5.74, 6) is -1.12. The van der Waals surface area contributed by atoms with Crippen LogP contribution in [0.3, 0.4) is 0 Å². The lowest BCUT2D eigenvalue weighted by atomic mass is 10.0. The fourth-order valence-corrected chi connectivity index (χ4v) is 4.03. The second-order valence-electron chi connectivity index (χ2n) is 5.07. The van der Waals surface area contributed by atoms with Crippen LogP contribution in [0.1, 0.15) is 12.0 Å². The zero-order chi connectivity index (χ0) is 16.6. The van der Waals surface area contributed by atoms with Gasteiger partial charge in [0.2, 0.25) is 5.91 Å². The first-order chi connectivity index (χ1) is 10.9. The Morgan fingerprint density at radius 2 is 1.91 bits per heavy atom. The van der Waals surface area contributed by atoms with Gasteiger partial charge in [-0.3, -0.25) is 9.52 Å². The lowest BCUT2D eigenvalue weighted by molar-refractivity contribution is -0.116. The van der Waals surface area contributed by atoms with Crippen molar-refractivity contribution in [1.29, 1.82) is 0 Å². The molecule has 0 aliphatic carbocycles. The van der Waals surface area contributed by atoms with Crippen LogP contribution in [0, 0.1) is 5.82 Å². The number of fused-ring (bicyclic) bond motifs is 1. The van der Waals surface area contributed by atoms with Crippen molar-refractivity contribution in [2.75, 3.05) is 10.0 Å². The highest BCUT2D eigenvalue weighted by atomic mass is 79.9. The zero-order valence-corrected chi connectivity index (χ0v) is 14.2. The quantitative estimate of drug-likeness (QED) is 0.832. The lowest BCUT2D eigenvalue weighted by Gasteiger charge is -2.18. The molecule has 2 N–H and O–H groups in total. The van der Waals surface area contributed by atoms with E-state index in [9.17, 15) is 17.6 Å². The van der Waals surface area contributed by atoms with Gasteiger partial charge in [0, 0.05) is 16.6 Å². The van der Waals surface area contributed by atoms with Gasteiger partial charge in [-0.1, -0.05) is 12.1 Å². The second kappa shape index (κ2) is 5.93. The molecule has 0 atom stereocenters. The molecule has 0 spiro atoms. The molecule has 0 saturated heterocycles. The summed E-state index contributed by atoms with van der Waals surface area (Å²) in [6, 6.07) is 8.96. The Morgan fingerprint density at radius 1 is 1.17 bits per heavy atom. The molecule has 2 aromatic rings. The molecule has 1 aliphatic heterocycles. The molecule has 120 valence electrons. The first-order valence-corrected chi connectivity index (χ1v) is 9.04. The predicted octanol–water partition coefficient (Wildman–Crippen LogP) is 3.27. The van der Waals surface area contributed by atoms with E-state index in [0.29, 0.717) is 27.8 Å². The van der Waals surface area contributed by atoms with Gasteiger partial charge < -0.3 is 5.32 Å². The molecule has 0 radical (unpaired) electrons. The summed E-state index contributed by atoms with van der Waals surface area (Å²) in [6.07, 6.45) is 0.620. The van der Waals surface area contributed by atoms with E-state index in [-0.39, 0.29) is 12.3 Å². The SMILES string of the molecule is O=C1CCc2cc(S(=O)(=O)Nc3ccccc3Br)c(F)cc2N1. The number of hydrogen-bond donors (Lipinski definition) is 2. The van der Waals surface area contributed by atoms with Crippen LogP contribution in [0.5, 0.6) is 0 Å². The van der Waals surface area contributed by atoms with Crippen LogP contribution < -0.4 is 10.0 Å². The number of sulfonamides is 1. The van der Waals surface area contributed by atoms with Crippen LogP contribution in [0.25, 0.3) is 0 Å². The maximum Gasteiger partial charge on any atom is 0.264 e. The fraction of sp³-hybridized carbons (Fsp3) is 0.133. The number of nitrogens with one attached hydrogen (secondary N) is 2. The summed E-state index contributed by atoms with van der Waals surface area (Å²) >= 11 is 3.24. The summed E-state index contributed by atoms with van der Waals surface area (Å²) in [5, 5.41) is 2.54. The molecule has 0 unspecified atom stereocenters. The predicted molar refractivity (Wildman–Crippen MR) is 88.3 cm³/mol. The molecule has 23 heavy (non-hydrogen) atoms.